The number of carboxylic acids is 1. The standard InChI is InChI=1S/C12H20O3/c1-11(6-4-10(14)15)8-3-5-12(11,2)9(13)7-8/h8-9,13H,3-7H2,1-2H3,(H,14,15)/t8-,9-,11-,12+/m0/s1. The molecule has 2 rings (SSSR count). The third-order valence-electron chi connectivity index (χ3n) is 5.32. The van der Waals surface area contributed by atoms with E-state index in [0.29, 0.717) is 12.3 Å². The summed E-state index contributed by atoms with van der Waals surface area (Å²) in [7, 11) is 0. The van der Waals surface area contributed by atoms with Crippen molar-refractivity contribution >= 4 is 5.97 Å². The molecule has 0 radical (unpaired) electrons. The lowest BCUT2D eigenvalue weighted by Crippen LogP contribution is -2.37. The number of aliphatic hydroxyl groups is 1. The van der Waals surface area contributed by atoms with Crippen LogP contribution < -0.4 is 0 Å². The van der Waals surface area contributed by atoms with Crippen LogP contribution in [-0.4, -0.2) is 22.3 Å². The van der Waals surface area contributed by atoms with E-state index in [1.54, 1.807) is 0 Å². The van der Waals surface area contributed by atoms with Crippen LogP contribution in [0, 0.1) is 16.7 Å². The van der Waals surface area contributed by atoms with E-state index < -0.39 is 5.97 Å². The van der Waals surface area contributed by atoms with E-state index in [9.17, 15) is 9.90 Å². The van der Waals surface area contributed by atoms with Crippen LogP contribution in [0.3, 0.4) is 0 Å². The van der Waals surface area contributed by atoms with Gasteiger partial charge in [-0.1, -0.05) is 13.8 Å². The summed E-state index contributed by atoms with van der Waals surface area (Å²) in [6.45, 7) is 4.30. The molecule has 0 saturated heterocycles. The summed E-state index contributed by atoms with van der Waals surface area (Å²) in [6, 6.07) is 0. The minimum Gasteiger partial charge on any atom is -0.481 e. The number of hydrogen-bond acceptors (Lipinski definition) is 2. The molecule has 3 heteroatoms. The number of aliphatic hydroxyl groups excluding tert-OH is 1. The Hall–Kier alpha value is -0.570. The van der Waals surface area contributed by atoms with Crippen molar-refractivity contribution in [2.75, 3.05) is 0 Å². The van der Waals surface area contributed by atoms with Gasteiger partial charge in [-0.25, -0.2) is 0 Å². The molecule has 0 aromatic heterocycles. The lowest BCUT2D eigenvalue weighted by molar-refractivity contribution is -0.138. The van der Waals surface area contributed by atoms with Gasteiger partial charge in [0.25, 0.3) is 0 Å². The van der Waals surface area contributed by atoms with Crippen LogP contribution in [0.1, 0.15) is 46.0 Å². The monoisotopic (exact) mass is 212 g/mol. The van der Waals surface area contributed by atoms with Gasteiger partial charge in [-0.3, -0.25) is 4.79 Å². The van der Waals surface area contributed by atoms with Crippen molar-refractivity contribution < 1.29 is 15.0 Å². The van der Waals surface area contributed by atoms with Gasteiger partial charge in [-0.2, -0.15) is 0 Å². The second-order valence-corrected chi connectivity index (χ2v) is 5.72. The van der Waals surface area contributed by atoms with Crippen LogP contribution in [0.4, 0.5) is 0 Å². The minimum atomic E-state index is -0.722. The Labute approximate surface area is 90.5 Å². The highest BCUT2D eigenvalue weighted by molar-refractivity contribution is 5.66. The van der Waals surface area contributed by atoms with Gasteiger partial charge in [0.05, 0.1) is 6.10 Å². The fraction of sp³-hybridized carbons (Fsp3) is 0.917. The largest absolute Gasteiger partial charge is 0.481 e. The summed E-state index contributed by atoms with van der Waals surface area (Å²) in [5.41, 5.74) is -0.0159. The number of hydrogen-bond donors (Lipinski definition) is 2. The highest BCUT2D eigenvalue weighted by atomic mass is 16.4. The van der Waals surface area contributed by atoms with Gasteiger partial charge in [0, 0.05) is 6.42 Å². The van der Waals surface area contributed by atoms with E-state index in [1.807, 2.05) is 0 Å². The number of fused-ring (bicyclic) bond motifs is 2. The van der Waals surface area contributed by atoms with Crippen LogP contribution in [0.2, 0.25) is 0 Å². The molecule has 2 fully saturated rings. The minimum absolute atomic E-state index is 0.0325. The van der Waals surface area contributed by atoms with Gasteiger partial charge >= 0.3 is 5.97 Å². The van der Waals surface area contributed by atoms with E-state index in [4.69, 9.17) is 5.11 Å². The van der Waals surface area contributed by atoms with Crippen molar-refractivity contribution in [1.29, 1.82) is 0 Å². The third kappa shape index (κ3) is 1.32. The fourth-order valence-corrected chi connectivity index (χ4v) is 3.86. The second-order valence-electron chi connectivity index (χ2n) is 5.72. The SMILES string of the molecule is C[C@]1(CCC(=O)O)[C@H]2CC[C@]1(C)[C@@H](O)C2. The van der Waals surface area contributed by atoms with Gasteiger partial charge in [0.1, 0.15) is 0 Å². The van der Waals surface area contributed by atoms with E-state index in [-0.39, 0.29) is 23.4 Å². The predicted octanol–water partition coefficient (Wildman–Crippen LogP) is 2.04. The van der Waals surface area contributed by atoms with Crippen LogP contribution in [-0.2, 0) is 4.79 Å². The predicted molar refractivity (Wildman–Crippen MR) is 56.4 cm³/mol. The van der Waals surface area contributed by atoms with Crippen molar-refractivity contribution in [3.8, 4) is 0 Å². The molecule has 2 saturated carbocycles. The first-order valence-corrected chi connectivity index (χ1v) is 5.80. The summed E-state index contributed by atoms with van der Waals surface area (Å²) >= 11 is 0. The topological polar surface area (TPSA) is 57.5 Å². The first-order chi connectivity index (χ1) is 6.90. The van der Waals surface area contributed by atoms with Crippen molar-refractivity contribution in [3.05, 3.63) is 0 Å². The molecule has 0 aromatic carbocycles. The van der Waals surface area contributed by atoms with Crippen molar-refractivity contribution in [1.82, 2.24) is 0 Å². The maximum absolute atomic E-state index is 10.7. The molecule has 86 valence electrons. The number of carboxylic acid groups (broad SMARTS) is 1. The molecule has 0 amide bonds. The average molecular weight is 212 g/mol. The third-order valence-corrected chi connectivity index (χ3v) is 5.32. The Morgan fingerprint density at radius 1 is 1.47 bits per heavy atom. The first kappa shape index (κ1) is 10.9. The van der Waals surface area contributed by atoms with Crippen molar-refractivity contribution in [2.24, 2.45) is 16.7 Å². The Morgan fingerprint density at radius 3 is 2.53 bits per heavy atom. The molecule has 2 aliphatic rings. The number of rotatable bonds is 3. The van der Waals surface area contributed by atoms with E-state index in [1.165, 1.54) is 0 Å². The molecule has 2 bridgehead atoms. The Bertz CT molecular complexity index is 289. The summed E-state index contributed by atoms with van der Waals surface area (Å²) < 4.78 is 0. The lowest BCUT2D eigenvalue weighted by Gasteiger charge is -2.39. The van der Waals surface area contributed by atoms with Crippen LogP contribution in [0.5, 0.6) is 0 Å². The van der Waals surface area contributed by atoms with Gasteiger partial charge in [0.2, 0.25) is 0 Å². The van der Waals surface area contributed by atoms with Crippen molar-refractivity contribution in [3.63, 3.8) is 0 Å². The van der Waals surface area contributed by atoms with Gasteiger partial charge in [-0.05, 0) is 42.4 Å². The highest BCUT2D eigenvalue weighted by Gasteiger charge is 2.62. The summed E-state index contributed by atoms with van der Waals surface area (Å²) in [4.78, 5) is 10.7. The van der Waals surface area contributed by atoms with Gasteiger partial charge < -0.3 is 10.2 Å². The second kappa shape index (κ2) is 3.21. The average Bonchev–Trinajstić information content (AvgIpc) is 2.50. The molecule has 2 N–H and O–H groups in total. The Morgan fingerprint density at radius 2 is 2.13 bits per heavy atom. The molecular formula is C12H20O3. The Balaban J connectivity index is 2.17. The Kier molecular flexibility index (Phi) is 2.34. The zero-order chi connectivity index (χ0) is 11.3. The molecule has 2 aliphatic carbocycles. The molecule has 0 aliphatic heterocycles. The summed E-state index contributed by atoms with van der Waals surface area (Å²) in [5, 5.41) is 18.8. The molecule has 15 heavy (non-hydrogen) atoms. The fourth-order valence-electron chi connectivity index (χ4n) is 3.86. The highest BCUT2D eigenvalue weighted by Crippen LogP contribution is 2.67. The molecule has 0 aromatic rings. The zero-order valence-corrected chi connectivity index (χ0v) is 9.49. The smallest absolute Gasteiger partial charge is 0.303 e. The maximum atomic E-state index is 10.7. The molecule has 0 spiro atoms. The van der Waals surface area contributed by atoms with E-state index in [0.717, 1.165) is 19.3 Å². The number of carbonyl (C=O) groups is 1. The zero-order valence-electron chi connectivity index (χ0n) is 9.49. The molecule has 4 atom stereocenters. The molecule has 3 nitrogen and oxygen atoms in total. The van der Waals surface area contributed by atoms with Crippen LogP contribution >= 0.6 is 0 Å². The first-order valence-electron chi connectivity index (χ1n) is 5.80. The summed E-state index contributed by atoms with van der Waals surface area (Å²) in [6.07, 6.45) is 3.79. The van der Waals surface area contributed by atoms with Crippen molar-refractivity contribution in [2.45, 2.75) is 52.1 Å². The quantitative estimate of drug-likeness (QED) is 0.752. The van der Waals surface area contributed by atoms with Crippen LogP contribution in [0.15, 0.2) is 0 Å². The van der Waals surface area contributed by atoms with Crippen LogP contribution in [0.25, 0.3) is 0 Å². The number of aliphatic carboxylic acids is 1. The normalized spacial score (nSPS) is 48.5. The molecule has 0 unspecified atom stereocenters. The molecular weight excluding hydrogens is 192 g/mol. The van der Waals surface area contributed by atoms with E-state index >= 15 is 0 Å². The van der Waals surface area contributed by atoms with E-state index in [2.05, 4.69) is 13.8 Å². The van der Waals surface area contributed by atoms with Gasteiger partial charge in [-0.15, -0.1) is 0 Å². The lowest BCUT2D eigenvalue weighted by atomic mass is 9.66. The summed E-state index contributed by atoms with van der Waals surface area (Å²) in [5.74, 6) is -0.197. The maximum Gasteiger partial charge on any atom is 0.303 e. The molecule has 0 heterocycles. The van der Waals surface area contributed by atoms with Gasteiger partial charge in [0.15, 0.2) is 0 Å².